The number of halogens is 1. The highest BCUT2D eigenvalue weighted by molar-refractivity contribution is 7.99. The van der Waals surface area contributed by atoms with Crippen LogP contribution in [-0.2, 0) is 6.54 Å². The van der Waals surface area contributed by atoms with Crippen LogP contribution in [0.5, 0.6) is 0 Å². The van der Waals surface area contributed by atoms with Gasteiger partial charge in [-0.15, -0.1) is 0 Å². The number of aromatic nitrogens is 2. The molecule has 0 aliphatic carbocycles. The first-order valence-electron chi connectivity index (χ1n) is 8.51. The first-order valence-corrected chi connectivity index (χ1v) is 9.70. The lowest BCUT2D eigenvalue weighted by atomic mass is 10.0. The highest BCUT2D eigenvalue weighted by Gasteiger charge is 2.21. The first kappa shape index (κ1) is 16.4. The van der Waals surface area contributed by atoms with Gasteiger partial charge in [0.25, 0.3) is 5.91 Å². The lowest BCUT2D eigenvalue weighted by Crippen LogP contribution is -2.12. The van der Waals surface area contributed by atoms with E-state index in [0.717, 1.165) is 48.2 Å². The number of nitrogens with one attached hydrogen (secondary N) is 2. The highest BCUT2D eigenvalue weighted by Crippen LogP contribution is 2.41. The highest BCUT2D eigenvalue weighted by atomic mass is 35.5. The number of nitrogens with zero attached hydrogens (tertiary/aromatic N) is 1. The van der Waals surface area contributed by atoms with Crippen LogP contribution in [0.1, 0.15) is 15.9 Å². The number of rotatable bonds is 3. The lowest BCUT2D eigenvalue weighted by molar-refractivity contribution is 0.0966. The van der Waals surface area contributed by atoms with Gasteiger partial charge in [-0.2, -0.15) is 0 Å². The Hall–Kier alpha value is -2.76. The largest absolute Gasteiger partial charge is 0.348 e. The molecule has 0 spiro atoms. The summed E-state index contributed by atoms with van der Waals surface area (Å²) in [6, 6.07) is 17.8. The van der Waals surface area contributed by atoms with Gasteiger partial charge in [-0.3, -0.25) is 4.79 Å². The normalized spacial score (nSPS) is 13.0. The molecule has 2 aromatic carbocycles. The summed E-state index contributed by atoms with van der Waals surface area (Å²) >= 11 is 7.70. The molecule has 1 aliphatic heterocycles. The summed E-state index contributed by atoms with van der Waals surface area (Å²) in [5, 5.41) is 4.66. The molecule has 5 rings (SSSR count). The van der Waals surface area contributed by atoms with Crippen molar-refractivity contribution in [2.45, 2.75) is 16.3 Å². The van der Waals surface area contributed by atoms with Crippen molar-refractivity contribution in [2.75, 3.05) is 0 Å². The van der Waals surface area contributed by atoms with Gasteiger partial charge in [0.05, 0.1) is 5.69 Å². The number of amides is 1. The number of carbonyl (C=O) groups is 1. The van der Waals surface area contributed by atoms with Crippen molar-refractivity contribution in [1.29, 1.82) is 0 Å². The van der Waals surface area contributed by atoms with Crippen LogP contribution in [-0.4, -0.2) is 15.9 Å². The molecule has 27 heavy (non-hydrogen) atoms. The van der Waals surface area contributed by atoms with Gasteiger partial charge < -0.3 is 10.3 Å². The number of hydrogen-bond donors (Lipinski definition) is 2. The zero-order valence-corrected chi connectivity index (χ0v) is 15.7. The Balaban J connectivity index is 1.66. The van der Waals surface area contributed by atoms with Crippen LogP contribution >= 0.6 is 23.4 Å². The second-order valence-electron chi connectivity index (χ2n) is 6.34. The molecule has 0 bridgehead atoms. The summed E-state index contributed by atoms with van der Waals surface area (Å²) < 4.78 is 0. The van der Waals surface area contributed by atoms with Gasteiger partial charge in [0, 0.05) is 38.5 Å². The molecule has 3 heterocycles. The summed E-state index contributed by atoms with van der Waals surface area (Å²) in [7, 11) is 0. The monoisotopic (exact) mass is 391 g/mol. The number of aromatic amines is 1. The van der Waals surface area contributed by atoms with Crippen molar-refractivity contribution in [3.8, 4) is 11.3 Å². The minimum absolute atomic E-state index is 0.00868. The van der Waals surface area contributed by atoms with Gasteiger partial charge in [-0.1, -0.05) is 29.4 Å². The number of H-pyrrole nitrogens is 1. The van der Waals surface area contributed by atoms with Gasteiger partial charge in [0.15, 0.2) is 0 Å². The van der Waals surface area contributed by atoms with E-state index in [1.165, 1.54) is 0 Å². The summed E-state index contributed by atoms with van der Waals surface area (Å²) in [5.74, 6) is -0.00868. The molecule has 1 aliphatic rings. The van der Waals surface area contributed by atoms with E-state index in [-0.39, 0.29) is 5.91 Å². The number of hydrogen-bond acceptors (Lipinski definition) is 3. The van der Waals surface area contributed by atoms with Crippen molar-refractivity contribution in [3.63, 3.8) is 0 Å². The molecular weight excluding hydrogens is 378 g/mol. The molecule has 6 heteroatoms. The van der Waals surface area contributed by atoms with Crippen molar-refractivity contribution >= 4 is 40.3 Å². The number of carbonyl (C=O) groups excluding carboxylic acids is 1. The smallest absolute Gasteiger partial charge is 0.251 e. The molecule has 132 valence electrons. The Bertz CT molecular complexity index is 1180. The summed E-state index contributed by atoms with van der Waals surface area (Å²) in [4.78, 5) is 22.0. The molecule has 0 saturated carbocycles. The van der Waals surface area contributed by atoms with Gasteiger partial charge >= 0.3 is 0 Å². The second-order valence-corrected chi connectivity index (χ2v) is 7.86. The van der Waals surface area contributed by atoms with Crippen molar-refractivity contribution < 1.29 is 4.79 Å². The van der Waals surface area contributed by atoms with Gasteiger partial charge in [0.2, 0.25) is 0 Å². The molecule has 0 unspecified atom stereocenters. The average molecular weight is 392 g/mol. The second kappa shape index (κ2) is 6.44. The standard InChI is InChI=1S/C21H14ClN3OS/c22-14-4-6-15(7-5-14)27-19-17-2-1-9-23-20(17)25-18(19)12-3-8-16-13(10-12)11-24-21(16)26/h1-10H,11H2,(H,23,25)(H,24,26). The topological polar surface area (TPSA) is 57.8 Å². The van der Waals surface area contributed by atoms with Crippen LogP contribution in [0.25, 0.3) is 22.3 Å². The van der Waals surface area contributed by atoms with Crippen LogP contribution in [0.3, 0.4) is 0 Å². The Kier molecular flexibility index (Phi) is 3.92. The van der Waals surface area contributed by atoms with Crippen molar-refractivity contribution in [2.24, 2.45) is 0 Å². The minimum atomic E-state index is -0.00868. The zero-order chi connectivity index (χ0) is 18.4. The average Bonchev–Trinajstić information content (AvgIpc) is 3.24. The minimum Gasteiger partial charge on any atom is -0.348 e. The molecule has 2 aromatic heterocycles. The van der Waals surface area contributed by atoms with Crippen molar-refractivity contribution in [1.82, 2.24) is 15.3 Å². The van der Waals surface area contributed by atoms with E-state index in [1.807, 2.05) is 42.5 Å². The Labute approximate surface area is 165 Å². The zero-order valence-electron chi connectivity index (χ0n) is 14.1. The number of benzene rings is 2. The van der Waals surface area contributed by atoms with E-state index in [9.17, 15) is 4.79 Å². The maximum absolute atomic E-state index is 11.8. The molecule has 4 aromatic rings. The fraction of sp³-hybridized carbons (Fsp3) is 0.0476. The number of pyridine rings is 1. The maximum atomic E-state index is 11.8. The fourth-order valence-electron chi connectivity index (χ4n) is 3.32. The summed E-state index contributed by atoms with van der Waals surface area (Å²) in [6.07, 6.45) is 1.78. The first-order chi connectivity index (χ1) is 13.2. The SMILES string of the molecule is O=C1NCc2cc(-c3[nH]c4ncccc4c3Sc3ccc(Cl)cc3)ccc21. The Morgan fingerprint density at radius 2 is 1.93 bits per heavy atom. The lowest BCUT2D eigenvalue weighted by Gasteiger charge is -2.07. The van der Waals surface area contributed by atoms with E-state index in [0.29, 0.717) is 6.54 Å². The quantitative estimate of drug-likeness (QED) is 0.499. The molecule has 4 nitrogen and oxygen atoms in total. The predicted octanol–water partition coefficient (Wildman–Crippen LogP) is 5.28. The van der Waals surface area contributed by atoms with Crippen LogP contribution in [0.2, 0.25) is 5.02 Å². The Morgan fingerprint density at radius 1 is 1.07 bits per heavy atom. The predicted molar refractivity (Wildman–Crippen MR) is 108 cm³/mol. The van der Waals surface area contributed by atoms with E-state index in [4.69, 9.17) is 11.6 Å². The molecule has 0 fully saturated rings. The van der Waals surface area contributed by atoms with Gasteiger partial charge in [-0.05, 0) is 59.7 Å². The van der Waals surface area contributed by atoms with E-state index in [1.54, 1.807) is 18.0 Å². The molecule has 2 N–H and O–H groups in total. The van der Waals surface area contributed by atoms with E-state index >= 15 is 0 Å². The third-order valence-electron chi connectivity index (χ3n) is 4.63. The Morgan fingerprint density at radius 3 is 2.78 bits per heavy atom. The van der Waals surface area contributed by atoms with Crippen LogP contribution < -0.4 is 5.32 Å². The summed E-state index contributed by atoms with van der Waals surface area (Å²) in [5.41, 5.74) is 4.66. The number of fused-ring (bicyclic) bond motifs is 2. The van der Waals surface area contributed by atoms with E-state index < -0.39 is 0 Å². The third kappa shape index (κ3) is 2.89. The van der Waals surface area contributed by atoms with Crippen LogP contribution in [0, 0.1) is 0 Å². The van der Waals surface area contributed by atoms with Crippen molar-refractivity contribution in [3.05, 3.63) is 76.9 Å². The molecule has 0 radical (unpaired) electrons. The van der Waals surface area contributed by atoms with Gasteiger partial charge in [0.1, 0.15) is 5.65 Å². The van der Waals surface area contributed by atoms with Crippen LogP contribution in [0.15, 0.2) is 70.6 Å². The van der Waals surface area contributed by atoms with Gasteiger partial charge in [-0.25, -0.2) is 4.98 Å². The molecule has 1 amide bonds. The molecule has 0 saturated heterocycles. The fourth-order valence-corrected chi connectivity index (χ4v) is 4.49. The summed E-state index contributed by atoms with van der Waals surface area (Å²) in [6.45, 7) is 0.570. The molecular formula is C21H14ClN3OS. The van der Waals surface area contributed by atoms with E-state index in [2.05, 4.69) is 27.4 Å². The third-order valence-corrected chi connectivity index (χ3v) is 6.02. The maximum Gasteiger partial charge on any atom is 0.251 e. The van der Waals surface area contributed by atoms with Crippen LogP contribution in [0.4, 0.5) is 0 Å². The molecule has 0 atom stereocenters.